The average Bonchev–Trinajstić information content (AvgIpc) is 2.77. The van der Waals surface area contributed by atoms with Crippen LogP contribution in [0.5, 0.6) is 0 Å². The lowest BCUT2D eigenvalue weighted by atomic mass is 10.1. The summed E-state index contributed by atoms with van der Waals surface area (Å²) in [5.74, 6) is -3.13. The Bertz CT molecular complexity index is 699. The first kappa shape index (κ1) is 13.6. The lowest BCUT2D eigenvalue weighted by molar-refractivity contribution is -0.387. The number of anilines is 1. The molecular formula is C11H8F2N4O3. The quantitative estimate of drug-likeness (QED) is 0.687. The van der Waals surface area contributed by atoms with Crippen LogP contribution in [0.25, 0.3) is 0 Å². The molecule has 0 saturated heterocycles. The van der Waals surface area contributed by atoms with E-state index in [-0.39, 0.29) is 5.82 Å². The molecule has 1 aromatic heterocycles. The number of hydrogen-bond acceptors (Lipinski definition) is 4. The first-order valence-corrected chi connectivity index (χ1v) is 5.33. The third-order valence-corrected chi connectivity index (χ3v) is 2.54. The Morgan fingerprint density at radius 2 is 2.10 bits per heavy atom. The first-order chi connectivity index (χ1) is 9.40. The molecule has 20 heavy (non-hydrogen) atoms. The van der Waals surface area contributed by atoms with Gasteiger partial charge in [-0.1, -0.05) is 0 Å². The molecule has 1 amide bonds. The molecule has 0 saturated carbocycles. The van der Waals surface area contributed by atoms with E-state index >= 15 is 0 Å². The van der Waals surface area contributed by atoms with Crippen LogP contribution in [-0.2, 0) is 7.05 Å². The molecule has 0 fully saturated rings. The highest BCUT2D eigenvalue weighted by Gasteiger charge is 2.22. The number of carbonyl (C=O) groups is 1. The summed E-state index contributed by atoms with van der Waals surface area (Å²) in [6.07, 6.45) is 1.41. The Balaban J connectivity index is 2.33. The number of nitrogens with one attached hydrogen (secondary N) is 1. The van der Waals surface area contributed by atoms with Crippen molar-refractivity contribution in [2.75, 3.05) is 5.32 Å². The minimum atomic E-state index is -1.29. The lowest BCUT2D eigenvalue weighted by Gasteiger charge is -2.06. The zero-order chi connectivity index (χ0) is 14.9. The van der Waals surface area contributed by atoms with Gasteiger partial charge in [-0.3, -0.25) is 19.6 Å². The zero-order valence-corrected chi connectivity index (χ0v) is 10.1. The first-order valence-electron chi connectivity index (χ1n) is 5.33. The standard InChI is InChI=1S/C11H8F2N4O3/c1-16-10(2-3-14-16)15-11(18)6-4-8(13)9(17(19)20)5-7(6)12/h2-5H,1H3,(H,15,18). The van der Waals surface area contributed by atoms with Gasteiger partial charge in [-0.15, -0.1) is 0 Å². The summed E-state index contributed by atoms with van der Waals surface area (Å²) in [7, 11) is 1.54. The molecule has 0 bridgehead atoms. The van der Waals surface area contributed by atoms with Gasteiger partial charge in [0.15, 0.2) is 0 Å². The molecule has 0 unspecified atom stereocenters. The van der Waals surface area contributed by atoms with E-state index in [0.29, 0.717) is 12.1 Å². The molecule has 0 atom stereocenters. The normalized spacial score (nSPS) is 10.3. The third kappa shape index (κ3) is 2.46. The Kier molecular flexibility index (Phi) is 3.42. The molecule has 1 aromatic carbocycles. The fraction of sp³-hybridized carbons (Fsp3) is 0.0909. The van der Waals surface area contributed by atoms with Crippen LogP contribution in [0.1, 0.15) is 10.4 Å². The number of nitro groups is 1. The monoisotopic (exact) mass is 282 g/mol. The predicted octanol–water partition coefficient (Wildman–Crippen LogP) is 1.86. The van der Waals surface area contributed by atoms with E-state index in [1.807, 2.05) is 0 Å². The van der Waals surface area contributed by atoms with Crippen molar-refractivity contribution in [2.24, 2.45) is 7.05 Å². The average molecular weight is 282 g/mol. The number of carbonyl (C=O) groups excluding carboxylic acids is 1. The smallest absolute Gasteiger partial charge is 0.307 e. The summed E-state index contributed by atoms with van der Waals surface area (Å²) in [6, 6.07) is 2.31. The molecule has 0 spiro atoms. The van der Waals surface area contributed by atoms with Crippen LogP contribution >= 0.6 is 0 Å². The lowest BCUT2D eigenvalue weighted by Crippen LogP contribution is -2.16. The van der Waals surface area contributed by atoms with E-state index in [1.165, 1.54) is 16.9 Å². The van der Waals surface area contributed by atoms with E-state index in [0.717, 1.165) is 0 Å². The highest BCUT2D eigenvalue weighted by Crippen LogP contribution is 2.22. The van der Waals surface area contributed by atoms with Crippen molar-refractivity contribution >= 4 is 17.4 Å². The highest BCUT2D eigenvalue weighted by molar-refractivity contribution is 6.04. The van der Waals surface area contributed by atoms with Crippen LogP contribution in [0.4, 0.5) is 20.3 Å². The molecule has 9 heteroatoms. The molecular weight excluding hydrogens is 274 g/mol. The third-order valence-electron chi connectivity index (χ3n) is 2.54. The topological polar surface area (TPSA) is 90.1 Å². The van der Waals surface area contributed by atoms with Crippen molar-refractivity contribution in [3.05, 3.63) is 51.7 Å². The summed E-state index contributed by atoms with van der Waals surface area (Å²) < 4.78 is 28.3. The van der Waals surface area contributed by atoms with Gasteiger partial charge >= 0.3 is 5.69 Å². The number of nitrogens with zero attached hydrogens (tertiary/aromatic N) is 3. The molecule has 0 radical (unpaired) electrons. The van der Waals surface area contributed by atoms with Crippen molar-refractivity contribution in [3.8, 4) is 0 Å². The Morgan fingerprint density at radius 3 is 2.65 bits per heavy atom. The van der Waals surface area contributed by atoms with Crippen molar-refractivity contribution in [1.29, 1.82) is 0 Å². The fourth-order valence-electron chi connectivity index (χ4n) is 1.53. The van der Waals surface area contributed by atoms with E-state index in [9.17, 15) is 23.7 Å². The molecule has 104 valence electrons. The summed E-state index contributed by atoms with van der Waals surface area (Å²) in [6.45, 7) is 0. The van der Waals surface area contributed by atoms with Gasteiger partial charge in [-0.25, -0.2) is 4.39 Å². The van der Waals surface area contributed by atoms with E-state index in [2.05, 4.69) is 10.4 Å². The van der Waals surface area contributed by atoms with E-state index in [4.69, 9.17) is 0 Å². The largest absolute Gasteiger partial charge is 0.307 e. The minimum absolute atomic E-state index is 0.271. The fourth-order valence-corrected chi connectivity index (χ4v) is 1.53. The van der Waals surface area contributed by atoms with Crippen molar-refractivity contribution in [2.45, 2.75) is 0 Å². The number of amides is 1. The molecule has 7 nitrogen and oxygen atoms in total. The maximum atomic E-state index is 13.6. The van der Waals surface area contributed by atoms with Crippen molar-refractivity contribution in [1.82, 2.24) is 9.78 Å². The van der Waals surface area contributed by atoms with Crippen LogP contribution in [0, 0.1) is 21.7 Å². The minimum Gasteiger partial charge on any atom is -0.307 e. The van der Waals surface area contributed by atoms with E-state index in [1.54, 1.807) is 7.05 Å². The number of nitro benzene ring substituents is 1. The molecule has 0 aliphatic heterocycles. The summed E-state index contributed by atoms with van der Waals surface area (Å²) in [5.41, 5.74) is -1.66. The van der Waals surface area contributed by atoms with Gasteiger partial charge in [-0.2, -0.15) is 9.49 Å². The number of halogens is 2. The van der Waals surface area contributed by atoms with Gasteiger partial charge < -0.3 is 5.32 Å². The number of aromatic nitrogens is 2. The second kappa shape index (κ2) is 5.03. The summed E-state index contributed by atoms with van der Waals surface area (Å²) in [4.78, 5) is 21.2. The van der Waals surface area contributed by atoms with Gasteiger partial charge in [-0.05, 0) is 6.07 Å². The maximum Gasteiger partial charge on any atom is 0.307 e. The Hall–Kier alpha value is -2.84. The van der Waals surface area contributed by atoms with Crippen LogP contribution in [0.2, 0.25) is 0 Å². The zero-order valence-electron chi connectivity index (χ0n) is 10.1. The summed E-state index contributed by atoms with van der Waals surface area (Å²) in [5, 5.41) is 16.5. The van der Waals surface area contributed by atoms with Crippen LogP contribution in [0.3, 0.4) is 0 Å². The number of aryl methyl sites for hydroxylation is 1. The SMILES string of the molecule is Cn1nccc1NC(=O)c1cc(F)c([N+](=O)[O-])cc1F. The second-order valence-corrected chi connectivity index (χ2v) is 3.83. The van der Waals surface area contributed by atoms with E-state index < -0.39 is 33.7 Å². The second-order valence-electron chi connectivity index (χ2n) is 3.83. The maximum absolute atomic E-state index is 13.6. The molecule has 2 aromatic rings. The summed E-state index contributed by atoms with van der Waals surface area (Å²) >= 11 is 0. The number of benzene rings is 1. The molecule has 1 heterocycles. The number of rotatable bonds is 3. The number of hydrogen-bond donors (Lipinski definition) is 1. The van der Waals surface area contributed by atoms with Crippen molar-refractivity contribution < 1.29 is 18.5 Å². The van der Waals surface area contributed by atoms with Gasteiger partial charge in [0.05, 0.1) is 22.7 Å². The Labute approximate surface area is 111 Å². The van der Waals surface area contributed by atoms with Crippen molar-refractivity contribution in [3.63, 3.8) is 0 Å². The van der Waals surface area contributed by atoms with Gasteiger partial charge in [0.1, 0.15) is 11.6 Å². The van der Waals surface area contributed by atoms with Gasteiger partial charge in [0.2, 0.25) is 5.82 Å². The molecule has 0 aliphatic carbocycles. The molecule has 2 rings (SSSR count). The molecule has 0 aliphatic rings. The Morgan fingerprint density at radius 1 is 1.40 bits per heavy atom. The predicted molar refractivity (Wildman–Crippen MR) is 64.2 cm³/mol. The van der Waals surface area contributed by atoms with Crippen LogP contribution in [-0.4, -0.2) is 20.6 Å². The van der Waals surface area contributed by atoms with Crippen LogP contribution in [0.15, 0.2) is 24.4 Å². The molecule has 1 N–H and O–H groups in total. The van der Waals surface area contributed by atoms with Crippen LogP contribution < -0.4 is 5.32 Å². The highest BCUT2D eigenvalue weighted by atomic mass is 19.1. The van der Waals surface area contributed by atoms with Gasteiger partial charge in [0.25, 0.3) is 5.91 Å². The van der Waals surface area contributed by atoms with Gasteiger partial charge in [0, 0.05) is 13.1 Å².